The molecule has 0 radical (unpaired) electrons. The van der Waals surface area contributed by atoms with Crippen molar-refractivity contribution in [2.75, 3.05) is 26.2 Å². The zero-order valence-electron chi connectivity index (χ0n) is 19.9. The average Bonchev–Trinajstić information content (AvgIpc) is 3.47. The van der Waals surface area contributed by atoms with Gasteiger partial charge in [0.2, 0.25) is 15.9 Å². The SMILES string of the molecule is Cc1ccc(C)c(S(=O)(=O)N2CCN(Cc3nnc(-c4c(-c5ccccc5)noc4C)o3)CC2)c1. The number of hydrogen-bond acceptors (Lipinski definition) is 8. The Morgan fingerprint density at radius 1 is 0.943 bits per heavy atom. The van der Waals surface area contributed by atoms with Crippen molar-refractivity contribution in [3.63, 3.8) is 0 Å². The van der Waals surface area contributed by atoms with Crippen molar-refractivity contribution in [3.8, 4) is 22.7 Å². The summed E-state index contributed by atoms with van der Waals surface area (Å²) in [6.45, 7) is 7.94. The van der Waals surface area contributed by atoms with Crippen LogP contribution >= 0.6 is 0 Å². The van der Waals surface area contributed by atoms with Gasteiger partial charge in [-0.1, -0.05) is 47.6 Å². The molecular formula is C25H27N5O4S. The molecule has 0 amide bonds. The standard InChI is InChI=1S/C25H27N5O4S/c1-17-9-10-18(2)21(15-17)35(31,32)30-13-11-29(12-14-30)16-22-26-27-25(33-22)23-19(3)34-28-24(23)20-7-5-4-6-8-20/h4-10,15H,11-14,16H2,1-3H3. The van der Waals surface area contributed by atoms with Gasteiger partial charge in [-0.3, -0.25) is 4.90 Å². The lowest BCUT2D eigenvalue weighted by Crippen LogP contribution is -2.48. The summed E-state index contributed by atoms with van der Waals surface area (Å²) in [6, 6.07) is 15.2. The number of benzene rings is 2. The van der Waals surface area contributed by atoms with E-state index in [9.17, 15) is 8.42 Å². The van der Waals surface area contributed by atoms with Crippen LogP contribution in [-0.4, -0.2) is 59.2 Å². The van der Waals surface area contributed by atoms with Crippen molar-refractivity contribution in [2.24, 2.45) is 0 Å². The normalized spacial score (nSPS) is 15.5. The summed E-state index contributed by atoms with van der Waals surface area (Å²) in [6.07, 6.45) is 0. The second kappa shape index (κ2) is 9.37. The molecule has 1 fully saturated rings. The molecule has 35 heavy (non-hydrogen) atoms. The van der Waals surface area contributed by atoms with E-state index in [2.05, 4.69) is 20.3 Å². The molecule has 1 aliphatic rings. The van der Waals surface area contributed by atoms with Gasteiger partial charge in [0.05, 0.1) is 11.4 Å². The van der Waals surface area contributed by atoms with Crippen molar-refractivity contribution >= 4 is 10.0 Å². The van der Waals surface area contributed by atoms with Crippen LogP contribution in [0.4, 0.5) is 0 Å². The summed E-state index contributed by atoms with van der Waals surface area (Å²) >= 11 is 0. The maximum absolute atomic E-state index is 13.2. The van der Waals surface area contributed by atoms with E-state index < -0.39 is 10.0 Å². The number of sulfonamides is 1. The third-order valence-corrected chi connectivity index (χ3v) is 8.28. The lowest BCUT2D eigenvalue weighted by Gasteiger charge is -2.33. The molecule has 0 bridgehead atoms. The van der Waals surface area contributed by atoms with Gasteiger partial charge in [-0.15, -0.1) is 10.2 Å². The highest BCUT2D eigenvalue weighted by atomic mass is 32.2. The van der Waals surface area contributed by atoms with E-state index in [1.54, 1.807) is 10.4 Å². The minimum Gasteiger partial charge on any atom is -0.419 e. The molecule has 0 saturated carbocycles. The third kappa shape index (κ3) is 4.64. The Balaban J connectivity index is 1.27. The number of hydrogen-bond donors (Lipinski definition) is 0. The summed E-state index contributed by atoms with van der Waals surface area (Å²) in [5.74, 6) is 1.42. The number of piperazine rings is 1. The van der Waals surface area contributed by atoms with E-state index in [1.807, 2.05) is 63.2 Å². The first-order valence-corrected chi connectivity index (χ1v) is 12.9. The Bertz CT molecular complexity index is 1440. The first kappa shape index (κ1) is 23.4. The highest BCUT2D eigenvalue weighted by molar-refractivity contribution is 7.89. The van der Waals surface area contributed by atoms with Crippen molar-refractivity contribution in [1.82, 2.24) is 24.6 Å². The van der Waals surface area contributed by atoms with Crippen LogP contribution in [0, 0.1) is 20.8 Å². The number of nitrogens with zero attached hydrogens (tertiary/aromatic N) is 5. The van der Waals surface area contributed by atoms with E-state index in [-0.39, 0.29) is 0 Å². The molecule has 0 unspecified atom stereocenters. The Labute approximate surface area is 204 Å². The predicted molar refractivity (Wildman–Crippen MR) is 130 cm³/mol. The van der Waals surface area contributed by atoms with E-state index >= 15 is 0 Å². The van der Waals surface area contributed by atoms with Gasteiger partial charge < -0.3 is 8.94 Å². The van der Waals surface area contributed by atoms with Crippen LogP contribution in [0.15, 0.2) is 62.4 Å². The molecule has 0 spiro atoms. The highest BCUT2D eigenvalue weighted by Crippen LogP contribution is 2.33. The molecular weight excluding hydrogens is 466 g/mol. The van der Waals surface area contributed by atoms with Crippen LogP contribution in [0.3, 0.4) is 0 Å². The Kier molecular flexibility index (Phi) is 6.26. The molecule has 3 heterocycles. The van der Waals surface area contributed by atoms with Crippen LogP contribution in [0.2, 0.25) is 0 Å². The molecule has 1 aliphatic heterocycles. The van der Waals surface area contributed by atoms with E-state index in [4.69, 9.17) is 8.94 Å². The van der Waals surface area contributed by atoms with Gasteiger partial charge in [-0.25, -0.2) is 8.42 Å². The molecule has 182 valence electrons. The van der Waals surface area contributed by atoms with E-state index in [0.717, 1.165) is 16.7 Å². The fourth-order valence-corrected chi connectivity index (χ4v) is 6.01. The molecule has 5 rings (SSSR count). The molecule has 10 heteroatoms. The molecule has 4 aromatic rings. The van der Waals surface area contributed by atoms with Crippen molar-refractivity contribution in [1.29, 1.82) is 0 Å². The summed E-state index contributed by atoms with van der Waals surface area (Å²) in [7, 11) is -3.54. The van der Waals surface area contributed by atoms with Crippen molar-refractivity contribution in [3.05, 3.63) is 71.3 Å². The van der Waals surface area contributed by atoms with Crippen LogP contribution < -0.4 is 0 Å². The molecule has 0 atom stereocenters. The highest BCUT2D eigenvalue weighted by Gasteiger charge is 2.30. The fourth-order valence-electron chi connectivity index (χ4n) is 4.28. The summed E-state index contributed by atoms with van der Waals surface area (Å²) in [5, 5.41) is 12.6. The zero-order valence-corrected chi connectivity index (χ0v) is 20.7. The smallest absolute Gasteiger partial charge is 0.253 e. The maximum atomic E-state index is 13.2. The van der Waals surface area contributed by atoms with Gasteiger partial charge in [-0.05, 0) is 38.0 Å². The van der Waals surface area contributed by atoms with Gasteiger partial charge in [0.15, 0.2) is 0 Å². The molecule has 2 aromatic carbocycles. The topological polar surface area (TPSA) is 106 Å². The minimum atomic E-state index is -3.54. The molecule has 1 saturated heterocycles. The quantitative estimate of drug-likeness (QED) is 0.399. The Morgan fingerprint density at radius 2 is 1.69 bits per heavy atom. The molecule has 9 nitrogen and oxygen atoms in total. The van der Waals surface area contributed by atoms with Crippen molar-refractivity contribution in [2.45, 2.75) is 32.2 Å². The zero-order chi connectivity index (χ0) is 24.6. The summed E-state index contributed by atoms with van der Waals surface area (Å²) in [4.78, 5) is 2.50. The Morgan fingerprint density at radius 3 is 2.43 bits per heavy atom. The molecule has 0 N–H and O–H groups in total. The molecule has 0 aliphatic carbocycles. The van der Waals surface area contributed by atoms with Gasteiger partial charge in [0, 0.05) is 31.7 Å². The second-order valence-electron chi connectivity index (χ2n) is 8.78. The van der Waals surface area contributed by atoms with E-state index in [1.165, 1.54) is 0 Å². The lowest BCUT2D eigenvalue weighted by molar-refractivity contribution is 0.168. The van der Waals surface area contributed by atoms with Crippen molar-refractivity contribution < 1.29 is 17.4 Å². The van der Waals surface area contributed by atoms with Crippen LogP contribution in [0.1, 0.15) is 22.8 Å². The van der Waals surface area contributed by atoms with Gasteiger partial charge in [0.25, 0.3) is 5.89 Å². The van der Waals surface area contributed by atoms with Gasteiger partial charge in [0.1, 0.15) is 17.0 Å². The van der Waals surface area contributed by atoms with E-state index in [0.29, 0.717) is 66.4 Å². The molecule has 2 aromatic heterocycles. The fraction of sp³-hybridized carbons (Fsp3) is 0.320. The van der Waals surface area contributed by atoms with Crippen LogP contribution in [-0.2, 0) is 16.6 Å². The first-order chi connectivity index (χ1) is 16.8. The number of aromatic nitrogens is 3. The van der Waals surface area contributed by atoms with Gasteiger partial charge in [-0.2, -0.15) is 4.31 Å². The monoisotopic (exact) mass is 493 g/mol. The Hall–Kier alpha value is -3.34. The predicted octanol–water partition coefficient (Wildman–Crippen LogP) is 3.82. The largest absolute Gasteiger partial charge is 0.419 e. The second-order valence-corrected chi connectivity index (χ2v) is 10.7. The third-order valence-electron chi connectivity index (χ3n) is 6.24. The average molecular weight is 494 g/mol. The minimum absolute atomic E-state index is 0.355. The van der Waals surface area contributed by atoms with Crippen LogP contribution in [0.25, 0.3) is 22.7 Å². The lowest BCUT2D eigenvalue weighted by atomic mass is 10.1. The summed E-state index contributed by atoms with van der Waals surface area (Å²) in [5.41, 5.74) is 3.93. The first-order valence-electron chi connectivity index (χ1n) is 11.5. The van der Waals surface area contributed by atoms with Gasteiger partial charge >= 0.3 is 0 Å². The maximum Gasteiger partial charge on any atom is 0.253 e. The number of rotatable bonds is 6. The number of aryl methyl sites for hydroxylation is 3. The van der Waals surface area contributed by atoms with Crippen LogP contribution in [0.5, 0.6) is 0 Å². The summed E-state index contributed by atoms with van der Waals surface area (Å²) < 4.78 is 39.3.